The molecule has 1 aliphatic rings. The van der Waals surface area contributed by atoms with E-state index in [1.807, 2.05) is 0 Å². The maximum absolute atomic E-state index is 12.1. The number of rotatable bonds is 7. The summed E-state index contributed by atoms with van der Waals surface area (Å²) in [5.74, 6) is 3.47. The van der Waals surface area contributed by atoms with Crippen molar-refractivity contribution in [2.45, 2.75) is 6.42 Å². The zero-order valence-electron chi connectivity index (χ0n) is 14.6. The smallest absolute Gasteiger partial charge is 0.270 e. The second-order valence-corrected chi connectivity index (χ2v) is 5.63. The van der Waals surface area contributed by atoms with Gasteiger partial charge < -0.3 is 14.2 Å². The monoisotopic (exact) mass is 381 g/mol. The molecule has 0 unspecified atom stereocenters. The van der Waals surface area contributed by atoms with Crippen molar-refractivity contribution in [2.75, 3.05) is 13.4 Å². The molecule has 28 heavy (non-hydrogen) atoms. The number of hydrazone groups is 1. The number of nitro benzene ring substituents is 1. The van der Waals surface area contributed by atoms with Crippen LogP contribution in [-0.2, 0) is 11.2 Å². The normalized spacial score (nSPS) is 11.8. The molecule has 0 spiro atoms. The quantitative estimate of drug-likeness (QED) is 0.340. The van der Waals surface area contributed by atoms with E-state index in [1.165, 1.54) is 24.4 Å². The second kappa shape index (κ2) is 8.55. The highest BCUT2D eigenvalue weighted by molar-refractivity contribution is 5.86. The number of fused-ring (bicyclic) bond motifs is 1. The number of non-ortho nitro benzene ring substituents is 1. The first-order chi connectivity index (χ1) is 13.6. The summed E-state index contributed by atoms with van der Waals surface area (Å²) in [6, 6.07) is 9.19. The number of carbonyl (C=O) groups is 1. The lowest BCUT2D eigenvalue weighted by molar-refractivity contribution is -0.384. The predicted octanol–water partition coefficient (Wildman–Crippen LogP) is 2.03. The van der Waals surface area contributed by atoms with Crippen LogP contribution in [0.4, 0.5) is 5.69 Å². The molecule has 142 valence electrons. The van der Waals surface area contributed by atoms with Crippen LogP contribution in [0.3, 0.4) is 0 Å². The summed E-state index contributed by atoms with van der Waals surface area (Å²) >= 11 is 0. The van der Waals surface area contributed by atoms with Crippen molar-refractivity contribution < 1.29 is 23.9 Å². The van der Waals surface area contributed by atoms with Crippen molar-refractivity contribution in [2.24, 2.45) is 5.10 Å². The zero-order chi connectivity index (χ0) is 19.9. The maximum atomic E-state index is 12.1. The standard InChI is InChI=1S/C19H15N3O6/c1-2-7-26-16-6-4-15(22(24)25)10-14(16)11-20-21-19(23)9-13-3-5-17-18(8-13)28-12-27-17/h1,3-6,8,10-11H,7,9,12H2,(H,21,23)/b20-11+. The Balaban J connectivity index is 1.65. The van der Waals surface area contributed by atoms with E-state index in [-0.39, 0.29) is 31.4 Å². The highest BCUT2D eigenvalue weighted by Crippen LogP contribution is 2.32. The average molecular weight is 381 g/mol. The van der Waals surface area contributed by atoms with Gasteiger partial charge in [-0.05, 0) is 23.8 Å². The summed E-state index contributed by atoms with van der Waals surface area (Å²) in [5, 5.41) is 14.8. The molecule has 0 saturated carbocycles. The van der Waals surface area contributed by atoms with Gasteiger partial charge in [0.25, 0.3) is 5.69 Å². The van der Waals surface area contributed by atoms with Gasteiger partial charge in [0.2, 0.25) is 12.7 Å². The van der Waals surface area contributed by atoms with E-state index >= 15 is 0 Å². The highest BCUT2D eigenvalue weighted by Gasteiger charge is 2.14. The number of carbonyl (C=O) groups excluding carboxylic acids is 1. The molecule has 0 bridgehead atoms. The van der Waals surface area contributed by atoms with E-state index < -0.39 is 4.92 Å². The number of benzene rings is 2. The van der Waals surface area contributed by atoms with Gasteiger partial charge in [0.05, 0.1) is 17.6 Å². The SMILES string of the molecule is C#CCOc1ccc([N+](=O)[O-])cc1/C=N/NC(=O)Cc1ccc2c(c1)OCO2. The molecule has 0 saturated heterocycles. The fraction of sp³-hybridized carbons (Fsp3) is 0.158. The van der Waals surface area contributed by atoms with Crippen LogP contribution in [0, 0.1) is 22.5 Å². The van der Waals surface area contributed by atoms with E-state index in [4.69, 9.17) is 20.6 Å². The number of ether oxygens (including phenoxy) is 3. The van der Waals surface area contributed by atoms with Crippen molar-refractivity contribution >= 4 is 17.8 Å². The van der Waals surface area contributed by atoms with E-state index in [1.54, 1.807) is 18.2 Å². The number of hydrogen-bond acceptors (Lipinski definition) is 7. The Morgan fingerprint density at radius 3 is 2.93 bits per heavy atom. The van der Waals surface area contributed by atoms with E-state index in [0.717, 1.165) is 5.56 Å². The third-order valence-corrected chi connectivity index (χ3v) is 3.71. The molecule has 1 amide bonds. The van der Waals surface area contributed by atoms with Gasteiger partial charge in [-0.2, -0.15) is 5.10 Å². The van der Waals surface area contributed by atoms with Gasteiger partial charge in [0, 0.05) is 17.7 Å². The summed E-state index contributed by atoms with van der Waals surface area (Å²) in [5.41, 5.74) is 3.27. The minimum absolute atomic E-state index is 0.00484. The summed E-state index contributed by atoms with van der Waals surface area (Å²) in [6.07, 6.45) is 6.49. The van der Waals surface area contributed by atoms with Crippen LogP contribution in [0.1, 0.15) is 11.1 Å². The lowest BCUT2D eigenvalue weighted by Gasteiger charge is -2.06. The van der Waals surface area contributed by atoms with E-state index in [2.05, 4.69) is 16.4 Å². The molecule has 3 rings (SSSR count). The molecule has 9 nitrogen and oxygen atoms in total. The number of nitrogens with zero attached hydrogens (tertiary/aromatic N) is 2. The van der Waals surface area contributed by atoms with Crippen molar-refractivity contribution in [3.63, 3.8) is 0 Å². The van der Waals surface area contributed by atoms with Crippen LogP contribution >= 0.6 is 0 Å². The number of nitrogens with one attached hydrogen (secondary N) is 1. The average Bonchev–Trinajstić information content (AvgIpc) is 3.14. The Morgan fingerprint density at radius 1 is 1.32 bits per heavy atom. The molecule has 0 radical (unpaired) electrons. The van der Waals surface area contributed by atoms with E-state index in [0.29, 0.717) is 22.8 Å². The first-order valence-corrected chi connectivity index (χ1v) is 8.12. The summed E-state index contributed by atoms with van der Waals surface area (Å²) < 4.78 is 15.8. The fourth-order valence-corrected chi connectivity index (χ4v) is 2.45. The molecule has 1 heterocycles. The molecular formula is C19H15N3O6. The number of terminal acetylenes is 1. The van der Waals surface area contributed by atoms with Crippen LogP contribution in [0.15, 0.2) is 41.5 Å². The molecule has 0 fully saturated rings. The van der Waals surface area contributed by atoms with Gasteiger partial charge in [0.1, 0.15) is 12.4 Å². The zero-order valence-corrected chi connectivity index (χ0v) is 14.6. The van der Waals surface area contributed by atoms with Crippen LogP contribution in [-0.4, -0.2) is 30.4 Å². The summed E-state index contributed by atoms with van der Waals surface area (Å²) in [4.78, 5) is 22.5. The van der Waals surface area contributed by atoms with Crippen molar-refractivity contribution in [3.8, 4) is 29.6 Å². The molecule has 0 atom stereocenters. The van der Waals surface area contributed by atoms with Crippen LogP contribution in [0.2, 0.25) is 0 Å². The van der Waals surface area contributed by atoms with Gasteiger partial charge in [-0.1, -0.05) is 12.0 Å². The Labute approximate surface area is 160 Å². The lowest BCUT2D eigenvalue weighted by Crippen LogP contribution is -2.19. The minimum atomic E-state index is -0.541. The fourth-order valence-electron chi connectivity index (χ4n) is 2.45. The Bertz CT molecular complexity index is 980. The molecule has 0 aliphatic carbocycles. The molecule has 2 aromatic rings. The largest absolute Gasteiger partial charge is 0.480 e. The number of amides is 1. The Hall–Kier alpha value is -4.06. The molecule has 1 N–H and O–H groups in total. The van der Waals surface area contributed by atoms with Gasteiger partial charge in [-0.25, -0.2) is 5.43 Å². The van der Waals surface area contributed by atoms with Gasteiger partial charge in [-0.15, -0.1) is 6.42 Å². The summed E-state index contributed by atoms with van der Waals surface area (Å²) in [7, 11) is 0. The van der Waals surface area contributed by atoms with Gasteiger partial charge >= 0.3 is 0 Å². The predicted molar refractivity (Wildman–Crippen MR) is 99.4 cm³/mol. The summed E-state index contributed by atoms with van der Waals surface area (Å²) in [6.45, 7) is 0.150. The Kier molecular flexibility index (Phi) is 5.72. The van der Waals surface area contributed by atoms with Crippen LogP contribution in [0.5, 0.6) is 17.2 Å². The van der Waals surface area contributed by atoms with Gasteiger partial charge in [0.15, 0.2) is 11.5 Å². The highest BCUT2D eigenvalue weighted by atomic mass is 16.7. The maximum Gasteiger partial charge on any atom is 0.270 e. The van der Waals surface area contributed by atoms with E-state index in [9.17, 15) is 14.9 Å². The Morgan fingerprint density at radius 2 is 2.14 bits per heavy atom. The van der Waals surface area contributed by atoms with Crippen LogP contribution in [0.25, 0.3) is 0 Å². The molecular weight excluding hydrogens is 366 g/mol. The third-order valence-electron chi connectivity index (χ3n) is 3.71. The first kappa shape index (κ1) is 18.7. The first-order valence-electron chi connectivity index (χ1n) is 8.12. The molecule has 0 aromatic heterocycles. The third kappa shape index (κ3) is 4.56. The second-order valence-electron chi connectivity index (χ2n) is 5.63. The van der Waals surface area contributed by atoms with Crippen molar-refractivity contribution in [1.82, 2.24) is 5.43 Å². The lowest BCUT2D eigenvalue weighted by atomic mass is 10.1. The van der Waals surface area contributed by atoms with Crippen molar-refractivity contribution in [3.05, 3.63) is 57.6 Å². The van der Waals surface area contributed by atoms with Crippen molar-refractivity contribution in [1.29, 1.82) is 0 Å². The van der Waals surface area contributed by atoms with Crippen LogP contribution < -0.4 is 19.6 Å². The number of nitro groups is 1. The topological polar surface area (TPSA) is 112 Å². The minimum Gasteiger partial charge on any atom is -0.480 e. The number of hydrogen-bond donors (Lipinski definition) is 1. The molecule has 1 aliphatic heterocycles. The molecule has 9 heteroatoms. The van der Waals surface area contributed by atoms with Gasteiger partial charge in [-0.3, -0.25) is 14.9 Å². The molecule has 2 aromatic carbocycles.